The number of carbonyl (C=O) groups is 2. The molecule has 2 atom stereocenters. The lowest BCUT2D eigenvalue weighted by Crippen LogP contribution is -2.37. The fraction of sp³-hybridized carbons (Fsp3) is 0.613. The van der Waals surface area contributed by atoms with Crippen molar-refractivity contribution in [2.45, 2.75) is 200 Å². The molecule has 0 aromatic rings. The number of esters is 2. The van der Waals surface area contributed by atoms with Gasteiger partial charge in [-0.2, -0.15) is 0 Å². The summed E-state index contributed by atoms with van der Waals surface area (Å²) in [4.78, 5) is 37.7. The molecule has 9 nitrogen and oxygen atoms in total. The molecule has 0 bridgehead atoms. The molecule has 0 fully saturated rings. The second-order valence-electron chi connectivity index (χ2n) is 19.2. The van der Waals surface area contributed by atoms with Gasteiger partial charge >= 0.3 is 11.9 Å². The zero-order valence-corrected chi connectivity index (χ0v) is 47.0. The molecule has 10 heteroatoms. The molecule has 0 heterocycles. The molecule has 408 valence electrons. The van der Waals surface area contributed by atoms with Crippen LogP contribution in [0.2, 0.25) is 0 Å². The van der Waals surface area contributed by atoms with Crippen molar-refractivity contribution in [3.05, 3.63) is 134 Å². The van der Waals surface area contributed by atoms with Gasteiger partial charge in [0.25, 0.3) is 7.82 Å². The first-order chi connectivity index (χ1) is 35.0. The molecule has 0 rings (SSSR count). The van der Waals surface area contributed by atoms with E-state index >= 15 is 0 Å². The number of rotatable bonds is 49. The lowest BCUT2D eigenvalue weighted by molar-refractivity contribution is -0.870. The lowest BCUT2D eigenvalue weighted by atomic mass is 10.1. The highest BCUT2D eigenvalue weighted by Crippen LogP contribution is 2.38. The van der Waals surface area contributed by atoms with Crippen LogP contribution in [-0.2, 0) is 32.7 Å². The summed E-state index contributed by atoms with van der Waals surface area (Å²) in [5, 5.41) is 0. The minimum atomic E-state index is -4.65. The van der Waals surface area contributed by atoms with Crippen LogP contribution in [0, 0.1) is 0 Å². The molecule has 2 unspecified atom stereocenters. The Bertz CT molecular complexity index is 1670. The van der Waals surface area contributed by atoms with Crippen LogP contribution in [0.5, 0.6) is 0 Å². The highest BCUT2D eigenvalue weighted by atomic mass is 31.2. The Balaban J connectivity index is 4.25. The van der Waals surface area contributed by atoms with Crippen LogP contribution in [0.25, 0.3) is 0 Å². The molecule has 72 heavy (non-hydrogen) atoms. The van der Waals surface area contributed by atoms with Gasteiger partial charge in [-0.25, -0.2) is 0 Å². The number of phosphoric acid groups is 1. The molecule has 0 aromatic heterocycles. The molecule has 0 amide bonds. The number of hydrogen-bond acceptors (Lipinski definition) is 8. The fourth-order valence-corrected chi connectivity index (χ4v) is 7.58. The Morgan fingerprint density at radius 2 is 0.792 bits per heavy atom. The maximum Gasteiger partial charge on any atom is 0.306 e. The van der Waals surface area contributed by atoms with E-state index in [2.05, 4.69) is 148 Å². The van der Waals surface area contributed by atoms with Crippen molar-refractivity contribution in [3.8, 4) is 0 Å². The maximum atomic E-state index is 12.8. The molecular weight excluding hydrogens is 918 g/mol. The molecule has 0 aliphatic heterocycles. The first-order valence-corrected chi connectivity index (χ1v) is 29.4. The fourth-order valence-electron chi connectivity index (χ4n) is 6.85. The number of ether oxygens (including phenoxy) is 2. The summed E-state index contributed by atoms with van der Waals surface area (Å²) in [7, 11) is 1.12. The normalized spacial score (nSPS) is 14.4. The van der Waals surface area contributed by atoms with Crippen molar-refractivity contribution in [3.63, 3.8) is 0 Å². The molecule has 0 N–H and O–H groups in total. The number of likely N-dealkylation sites (N-methyl/N-ethyl adjacent to an activating group) is 1. The summed E-state index contributed by atoms with van der Waals surface area (Å²) in [6, 6.07) is 0. The van der Waals surface area contributed by atoms with Gasteiger partial charge in [0, 0.05) is 12.8 Å². The predicted octanol–water partition coefficient (Wildman–Crippen LogP) is 16.7. The van der Waals surface area contributed by atoms with Crippen molar-refractivity contribution in [2.24, 2.45) is 0 Å². The molecule has 0 aliphatic carbocycles. The van der Waals surface area contributed by atoms with E-state index in [0.717, 1.165) is 122 Å². The van der Waals surface area contributed by atoms with Crippen molar-refractivity contribution < 1.29 is 42.1 Å². The highest BCUT2D eigenvalue weighted by Gasteiger charge is 2.21. The molecule has 0 spiro atoms. The van der Waals surface area contributed by atoms with E-state index in [4.69, 9.17) is 18.5 Å². The van der Waals surface area contributed by atoms with Crippen molar-refractivity contribution in [1.29, 1.82) is 0 Å². The average molecular weight is 1020 g/mol. The second-order valence-corrected chi connectivity index (χ2v) is 20.6. The summed E-state index contributed by atoms with van der Waals surface area (Å²) in [5.41, 5.74) is 0. The summed E-state index contributed by atoms with van der Waals surface area (Å²) in [6.07, 6.45) is 75.0. The summed E-state index contributed by atoms with van der Waals surface area (Å²) < 4.78 is 34.0. The number of quaternary nitrogens is 1. The Hall–Kier alpha value is -3.85. The van der Waals surface area contributed by atoms with Gasteiger partial charge in [0.1, 0.15) is 19.8 Å². The van der Waals surface area contributed by atoms with Crippen LogP contribution in [-0.4, -0.2) is 70.0 Å². The van der Waals surface area contributed by atoms with Crippen molar-refractivity contribution in [1.82, 2.24) is 0 Å². The van der Waals surface area contributed by atoms with Crippen LogP contribution < -0.4 is 4.89 Å². The molecule has 0 saturated heterocycles. The van der Waals surface area contributed by atoms with E-state index in [1.807, 2.05) is 21.1 Å². The minimum Gasteiger partial charge on any atom is -0.756 e. The summed E-state index contributed by atoms with van der Waals surface area (Å²) in [5.74, 6) is -0.885. The Morgan fingerprint density at radius 1 is 0.444 bits per heavy atom. The molecule has 0 aromatic carbocycles. The third-order valence-corrected chi connectivity index (χ3v) is 12.1. The predicted molar refractivity (Wildman–Crippen MR) is 304 cm³/mol. The first kappa shape index (κ1) is 68.2. The molecule has 0 saturated carbocycles. The van der Waals surface area contributed by atoms with E-state index in [-0.39, 0.29) is 26.1 Å². The zero-order chi connectivity index (χ0) is 52.7. The van der Waals surface area contributed by atoms with Gasteiger partial charge < -0.3 is 27.9 Å². The Kier molecular flexibility index (Phi) is 49.2. The molecular formula is C62H102NO8P. The Labute approximate surface area is 441 Å². The second kappa shape index (κ2) is 52.0. The van der Waals surface area contributed by atoms with Gasteiger partial charge in [0.05, 0.1) is 27.7 Å². The van der Waals surface area contributed by atoms with Crippen LogP contribution in [0.4, 0.5) is 0 Å². The van der Waals surface area contributed by atoms with E-state index < -0.39 is 32.5 Å². The highest BCUT2D eigenvalue weighted by molar-refractivity contribution is 7.45. The lowest BCUT2D eigenvalue weighted by Gasteiger charge is -2.28. The van der Waals surface area contributed by atoms with Crippen LogP contribution >= 0.6 is 7.82 Å². The number of nitrogens with zero attached hydrogens (tertiary/aromatic N) is 1. The van der Waals surface area contributed by atoms with Gasteiger partial charge in [-0.15, -0.1) is 0 Å². The number of allylic oxidation sites excluding steroid dienone is 22. The van der Waals surface area contributed by atoms with Gasteiger partial charge in [0.2, 0.25) is 0 Å². The topological polar surface area (TPSA) is 111 Å². The number of unbranched alkanes of at least 4 members (excludes halogenated alkanes) is 13. The third kappa shape index (κ3) is 55.5. The first-order valence-electron chi connectivity index (χ1n) is 27.9. The summed E-state index contributed by atoms with van der Waals surface area (Å²) in [6.45, 7) is 4.04. The SMILES string of the molecule is CC/C=C\C/C=C\C/C=C\C/C=C\C/C=C\C/C=C\C/C=C\C/C=C\C/C=C\C/C=C\CCCCCCC(=O)OC(COC(=O)CCCCCCC/C=C\CCCCCC)COP(=O)([O-])OCC[N+](C)(C)C. The van der Waals surface area contributed by atoms with E-state index in [9.17, 15) is 19.0 Å². The largest absolute Gasteiger partial charge is 0.756 e. The standard InChI is InChI=1S/C62H102NO8P/c1-6-8-10-12-14-16-18-20-21-22-23-24-25-26-27-28-29-30-31-32-33-34-35-36-37-38-39-40-41-43-45-47-49-51-53-55-62(65)71-60(59-70-72(66,67)69-57-56-63(3,4)5)58-68-61(64)54-52-50-48-46-44-42-19-17-15-13-11-9-7-2/h8,10,14,16-17,19-21,23-24,26-27,29-30,32-33,35-36,38-39,41,43,60H,6-7,9,11-13,15,18,22,25,28,31,34,37,40,42,44-59H2,1-5H3/b10-8-,16-14-,19-17-,21-20-,24-23-,27-26-,30-29-,33-32-,36-35-,39-38-,43-41-. The molecule has 0 aliphatic rings. The monoisotopic (exact) mass is 1020 g/mol. The quantitative estimate of drug-likeness (QED) is 0.0195. The molecule has 0 radical (unpaired) electrons. The summed E-state index contributed by atoms with van der Waals surface area (Å²) >= 11 is 0. The van der Waals surface area contributed by atoms with Gasteiger partial charge in [-0.3, -0.25) is 14.2 Å². The Morgan fingerprint density at radius 3 is 1.19 bits per heavy atom. The number of phosphoric ester groups is 1. The van der Waals surface area contributed by atoms with Crippen LogP contribution in [0.15, 0.2) is 134 Å². The van der Waals surface area contributed by atoms with Gasteiger partial charge in [-0.05, 0) is 116 Å². The van der Waals surface area contributed by atoms with Crippen molar-refractivity contribution >= 4 is 19.8 Å². The number of hydrogen-bond donors (Lipinski definition) is 0. The van der Waals surface area contributed by atoms with Crippen LogP contribution in [0.3, 0.4) is 0 Å². The average Bonchev–Trinajstić information content (AvgIpc) is 3.34. The van der Waals surface area contributed by atoms with Gasteiger partial charge in [0.15, 0.2) is 6.10 Å². The van der Waals surface area contributed by atoms with E-state index in [1.165, 1.54) is 32.1 Å². The minimum absolute atomic E-state index is 0.0447. The number of carbonyl (C=O) groups excluding carboxylic acids is 2. The zero-order valence-electron chi connectivity index (χ0n) is 46.1. The van der Waals surface area contributed by atoms with Gasteiger partial charge in [-0.1, -0.05) is 199 Å². The van der Waals surface area contributed by atoms with Crippen LogP contribution in [0.1, 0.15) is 194 Å². The van der Waals surface area contributed by atoms with Crippen molar-refractivity contribution in [2.75, 3.05) is 47.5 Å². The third-order valence-electron chi connectivity index (χ3n) is 11.2. The van der Waals surface area contributed by atoms with E-state index in [1.54, 1.807) is 0 Å². The van der Waals surface area contributed by atoms with E-state index in [0.29, 0.717) is 23.9 Å². The maximum absolute atomic E-state index is 12.8. The smallest absolute Gasteiger partial charge is 0.306 e.